The third-order valence-electron chi connectivity index (χ3n) is 3.62. The number of aromatic nitrogens is 3. The Morgan fingerprint density at radius 2 is 1.83 bits per heavy atom. The second kappa shape index (κ2) is 6.87. The van der Waals surface area contributed by atoms with Gasteiger partial charge in [0.2, 0.25) is 0 Å². The van der Waals surface area contributed by atoms with Crippen LogP contribution in [0.4, 0.5) is 0 Å². The van der Waals surface area contributed by atoms with E-state index >= 15 is 0 Å². The minimum atomic E-state index is -0.151. The number of pyridine rings is 1. The van der Waals surface area contributed by atoms with Gasteiger partial charge in [-0.2, -0.15) is 0 Å². The van der Waals surface area contributed by atoms with Crippen molar-refractivity contribution < 1.29 is 0 Å². The lowest BCUT2D eigenvalue weighted by Crippen LogP contribution is -2.20. The number of benzene rings is 1. The summed E-state index contributed by atoms with van der Waals surface area (Å²) in [6.45, 7) is 6.00. The first kappa shape index (κ1) is 15.6. The Kier molecular flexibility index (Phi) is 4.47. The third kappa shape index (κ3) is 3.08. The van der Waals surface area contributed by atoms with Crippen molar-refractivity contribution in [1.82, 2.24) is 14.5 Å². The number of hydrogen-bond acceptors (Lipinski definition) is 3. The number of hydrogen-bond donors (Lipinski definition) is 0. The van der Waals surface area contributed by atoms with Gasteiger partial charge >= 0.3 is 0 Å². The Hall–Kier alpha value is -3.27. The molecule has 0 bridgehead atoms. The Bertz CT molecular complexity index is 942. The maximum absolute atomic E-state index is 12.6. The monoisotopic (exact) mass is 315 g/mol. The molecule has 4 heteroatoms. The first-order chi connectivity index (χ1) is 11.7. The summed E-state index contributed by atoms with van der Waals surface area (Å²) in [5, 5.41) is 0. The normalized spacial score (nSPS) is 10.9. The van der Waals surface area contributed by atoms with Crippen molar-refractivity contribution in [3.63, 3.8) is 0 Å². The van der Waals surface area contributed by atoms with E-state index < -0.39 is 0 Å². The highest BCUT2D eigenvalue weighted by Gasteiger charge is 2.12. The van der Waals surface area contributed by atoms with E-state index in [9.17, 15) is 4.79 Å². The zero-order valence-corrected chi connectivity index (χ0v) is 13.4. The molecule has 0 saturated carbocycles. The van der Waals surface area contributed by atoms with Gasteiger partial charge in [0.1, 0.15) is 5.82 Å². The lowest BCUT2D eigenvalue weighted by molar-refractivity contribution is 0.960. The Morgan fingerprint density at radius 1 is 1.12 bits per heavy atom. The Labute approximate surface area is 140 Å². The molecule has 0 radical (unpaired) electrons. The molecular formula is C20H17N3O. The summed E-state index contributed by atoms with van der Waals surface area (Å²) >= 11 is 0. The van der Waals surface area contributed by atoms with Crippen LogP contribution in [-0.2, 0) is 0 Å². The van der Waals surface area contributed by atoms with E-state index in [2.05, 4.69) is 16.5 Å². The van der Waals surface area contributed by atoms with E-state index in [1.807, 2.05) is 49.4 Å². The van der Waals surface area contributed by atoms with E-state index in [1.165, 1.54) is 10.6 Å². The molecule has 3 aromatic rings. The fourth-order valence-electron chi connectivity index (χ4n) is 2.44. The van der Waals surface area contributed by atoms with Gasteiger partial charge in [-0.25, -0.2) is 4.98 Å². The van der Waals surface area contributed by atoms with E-state index in [0.29, 0.717) is 17.1 Å². The number of rotatable bonds is 4. The highest BCUT2D eigenvalue weighted by atomic mass is 16.1. The van der Waals surface area contributed by atoms with Gasteiger partial charge in [0.25, 0.3) is 5.56 Å². The van der Waals surface area contributed by atoms with Crippen LogP contribution in [0.1, 0.15) is 18.3 Å². The molecule has 0 fully saturated rings. The van der Waals surface area contributed by atoms with Gasteiger partial charge in [0.15, 0.2) is 0 Å². The molecule has 24 heavy (non-hydrogen) atoms. The summed E-state index contributed by atoms with van der Waals surface area (Å²) in [6, 6.07) is 14.9. The topological polar surface area (TPSA) is 47.8 Å². The van der Waals surface area contributed by atoms with Gasteiger partial charge < -0.3 is 0 Å². The highest BCUT2D eigenvalue weighted by Crippen LogP contribution is 2.22. The van der Waals surface area contributed by atoms with Crippen molar-refractivity contribution >= 4 is 11.8 Å². The standard InChI is InChI=1S/C20H17N3O/c1-3-13-23-19(24)14-18(17-9-11-21-12-10-17)22-20(23)15(2)16-7-5-4-6-8-16/h3-14H,2H2,1H3. The van der Waals surface area contributed by atoms with Gasteiger partial charge in [-0.15, -0.1) is 0 Å². The zero-order valence-electron chi connectivity index (χ0n) is 13.4. The van der Waals surface area contributed by atoms with Crippen LogP contribution in [0.3, 0.4) is 0 Å². The summed E-state index contributed by atoms with van der Waals surface area (Å²) in [7, 11) is 0. The SMILES string of the molecule is C=C(c1ccccc1)c1nc(-c2ccncc2)cc(=O)n1C=CC. The van der Waals surface area contributed by atoms with Gasteiger partial charge in [-0.3, -0.25) is 14.3 Å². The van der Waals surface area contributed by atoms with Crippen molar-refractivity contribution in [2.75, 3.05) is 0 Å². The highest BCUT2D eigenvalue weighted by molar-refractivity contribution is 5.76. The van der Waals surface area contributed by atoms with Gasteiger partial charge in [0, 0.05) is 35.8 Å². The van der Waals surface area contributed by atoms with Crippen LogP contribution in [0.25, 0.3) is 23.0 Å². The minimum Gasteiger partial charge on any atom is -0.269 e. The lowest BCUT2D eigenvalue weighted by atomic mass is 10.1. The minimum absolute atomic E-state index is 0.151. The zero-order chi connectivity index (χ0) is 16.9. The summed E-state index contributed by atoms with van der Waals surface area (Å²) in [5.74, 6) is 0.526. The molecule has 2 aromatic heterocycles. The Balaban J connectivity index is 2.21. The molecule has 0 aliphatic heterocycles. The molecule has 0 N–H and O–H groups in total. The van der Waals surface area contributed by atoms with Gasteiger partial charge in [-0.05, 0) is 24.6 Å². The van der Waals surface area contributed by atoms with E-state index in [0.717, 1.165) is 11.1 Å². The van der Waals surface area contributed by atoms with Crippen LogP contribution in [0.5, 0.6) is 0 Å². The predicted molar refractivity (Wildman–Crippen MR) is 97.3 cm³/mol. The average Bonchev–Trinajstić information content (AvgIpc) is 2.64. The molecule has 0 aliphatic rings. The maximum Gasteiger partial charge on any atom is 0.258 e. The number of nitrogens with zero attached hydrogens (tertiary/aromatic N) is 3. The second-order valence-corrected chi connectivity index (χ2v) is 5.24. The van der Waals surface area contributed by atoms with Crippen molar-refractivity contribution in [3.05, 3.63) is 95.3 Å². The van der Waals surface area contributed by atoms with Crippen LogP contribution >= 0.6 is 0 Å². The maximum atomic E-state index is 12.6. The van der Waals surface area contributed by atoms with Crippen LogP contribution < -0.4 is 5.56 Å². The van der Waals surface area contributed by atoms with Crippen molar-refractivity contribution in [2.24, 2.45) is 0 Å². The third-order valence-corrected chi connectivity index (χ3v) is 3.62. The first-order valence-electron chi connectivity index (χ1n) is 7.62. The molecule has 0 aliphatic carbocycles. The molecule has 0 saturated heterocycles. The molecule has 118 valence electrons. The van der Waals surface area contributed by atoms with Crippen molar-refractivity contribution in [1.29, 1.82) is 0 Å². The summed E-state index contributed by atoms with van der Waals surface area (Å²) in [5.41, 5.74) is 2.92. The largest absolute Gasteiger partial charge is 0.269 e. The van der Waals surface area contributed by atoms with Crippen LogP contribution in [0.15, 0.2) is 78.4 Å². The predicted octanol–water partition coefficient (Wildman–Crippen LogP) is 3.86. The van der Waals surface area contributed by atoms with E-state index in [-0.39, 0.29) is 5.56 Å². The van der Waals surface area contributed by atoms with Crippen molar-refractivity contribution in [2.45, 2.75) is 6.92 Å². The van der Waals surface area contributed by atoms with E-state index in [4.69, 9.17) is 0 Å². The number of allylic oxidation sites excluding steroid dienone is 1. The quantitative estimate of drug-likeness (QED) is 0.734. The molecular weight excluding hydrogens is 298 g/mol. The molecule has 2 heterocycles. The van der Waals surface area contributed by atoms with Gasteiger partial charge in [-0.1, -0.05) is 43.0 Å². The lowest BCUT2D eigenvalue weighted by Gasteiger charge is -2.12. The summed E-state index contributed by atoms with van der Waals surface area (Å²) in [4.78, 5) is 21.3. The molecule has 0 spiro atoms. The molecule has 0 amide bonds. The fourth-order valence-corrected chi connectivity index (χ4v) is 2.44. The van der Waals surface area contributed by atoms with Crippen molar-refractivity contribution in [3.8, 4) is 11.3 Å². The summed E-state index contributed by atoms with van der Waals surface area (Å²) < 4.78 is 1.51. The molecule has 1 aromatic carbocycles. The Morgan fingerprint density at radius 3 is 2.50 bits per heavy atom. The average molecular weight is 315 g/mol. The molecule has 0 unspecified atom stereocenters. The molecule has 3 rings (SSSR count). The van der Waals surface area contributed by atoms with Gasteiger partial charge in [0.05, 0.1) is 5.69 Å². The smallest absolute Gasteiger partial charge is 0.258 e. The van der Waals surface area contributed by atoms with Crippen LogP contribution in [0.2, 0.25) is 0 Å². The fraction of sp³-hybridized carbons (Fsp3) is 0.0500. The second-order valence-electron chi connectivity index (χ2n) is 5.24. The molecule has 4 nitrogen and oxygen atoms in total. The summed E-state index contributed by atoms with van der Waals surface area (Å²) in [6.07, 6.45) is 6.87. The van der Waals surface area contributed by atoms with Crippen LogP contribution in [0, 0.1) is 0 Å². The van der Waals surface area contributed by atoms with Crippen LogP contribution in [-0.4, -0.2) is 14.5 Å². The van der Waals surface area contributed by atoms with E-state index in [1.54, 1.807) is 24.7 Å². The molecule has 0 atom stereocenters. The first-order valence-corrected chi connectivity index (χ1v) is 7.62.